The van der Waals surface area contributed by atoms with Crippen molar-refractivity contribution < 1.29 is 14.6 Å². The third-order valence-electron chi connectivity index (χ3n) is 3.18. The van der Waals surface area contributed by atoms with Crippen LogP contribution in [-0.2, 0) is 4.74 Å². The van der Waals surface area contributed by atoms with Gasteiger partial charge in [-0.15, -0.1) is 0 Å². The molecule has 4 nitrogen and oxygen atoms in total. The van der Waals surface area contributed by atoms with Crippen molar-refractivity contribution in [3.05, 3.63) is 12.2 Å². The van der Waals surface area contributed by atoms with Gasteiger partial charge in [-0.05, 0) is 45.4 Å². The molecule has 0 saturated carbocycles. The van der Waals surface area contributed by atoms with E-state index < -0.39 is 17.8 Å². The first-order valence-electron chi connectivity index (χ1n) is 7.77. The average molecular weight is 299 g/mol. The molecule has 4 heteroatoms. The molecule has 0 aromatic carbocycles. The third kappa shape index (κ3) is 9.51. The number of hydrogen-bond acceptors (Lipinski definition) is 3. The summed E-state index contributed by atoms with van der Waals surface area (Å²) in [5.41, 5.74) is 0.445. The third-order valence-corrected chi connectivity index (χ3v) is 3.18. The fraction of sp³-hybridized carbons (Fsp3) is 0.824. The van der Waals surface area contributed by atoms with Crippen molar-refractivity contribution in [3.63, 3.8) is 0 Å². The Morgan fingerprint density at radius 2 is 1.76 bits per heavy atom. The summed E-state index contributed by atoms with van der Waals surface area (Å²) in [4.78, 5) is 11.9. The second-order valence-electron chi connectivity index (χ2n) is 7.47. The molecule has 2 N–H and O–H groups in total. The lowest BCUT2D eigenvalue weighted by Crippen LogP contribution is -2.46. The van der Waals surface area contributed by atoms with Crippen molar-refractivity contribution in [1.29, 1.82) is 0 Å². The number of ether oxygens (including phenoxy) is 1. The van der Waals surface area contributed by atoms with Crippen LogP contribution in [0.1, 0.15) is 61.3 Å². The minimum absolute atomic E-state index is 0.320. The highest BCUT2D eigenvalue weighted by Gasteiger charge is 2.26. The maximum Gasteiger partial charge on any atom is 0.407 e. The Balaban J connectivity index is 4.71. The Hall–Kier alpha value is -1.03. The van der Waals surface area contributed by atoms with E-state index in [1.165, 1.54) is 0 Å². The lowest BCUT2D eigenvalue weighted by atomic mass is 9.92. The molecule has 0 rings (SSSR count). The minimum atomic E-state index is -0.644. The van der Waals surface area contributed by atoms with Gasteiger partial charge < -0.3 is 15.2 Å². The monoisotopic (exact) mass is 299 g/mol. The summed E-state index contributed by atoms with van der Waals surface area (Å²) in [6, 6.07) is -0.324. The van der Waals surface area contributed by atoms with E-state index in [4.69, 9.17) is 4.74 Å². The van der Waals surface area contributed by atoms with Crippen LogP contribution in [0.2, 0.25) is 0 Å². The Labute approximate surface area is 130 Å². The van der Waals surface area contributed by atoms with E-state index in [1.54, 1.807) is 0 Å². The number of carbonyl (C=O) groups excluding carboxylic acids is 1. The summed E-state index contributed by atoms with van der Waals surface area (Å²) in [7, 11) is 0. The molecule has 0 fully saturated rings. The summed E-state index contributed by atoms with van der Waals surface area (Å²) >= 11 is 0. The van der Waals surface area contributed by atoms with E-state index in [9.17, 15) is 9.90 Å². The Morgan fingerprint density at radius 3 is 2.14 bits per heavy atom. The number of aliphatic hydroxyl groups is 1. The second kappa shape index (κ2) is 8.42. The predicted octanol–water partition coefficient (Wildman–Crippen LogP) is 3.89. The Morgan fingerprint density at radius 1 is 1.24 bits per heavy atom. The van der Waals surface area contributed by atoms with Crippen molar-refractivity contribution in [1.82, 2.24) is 5.32 Å². The van der Waals surface area contributed by atoms with Crippen LogP contribution in [0.25, 0.3) is 0 Å². The Kier molecular flexibility index (Phi) is 8.01. The average Bonchev–Trinajstić information content (AvgIpc) is 2.24. The van der Waals surface area contributed by atoms with Gasteiger partial charge in [0.1, 0.15) is 5.60 Å². The summed E-state index contributed by atoms with van der Waals surface area (Å²) in [5, 5.41) is 13.2. The van der Waals surface area contributed by atoms with E-state index in [0.717, 1.165) is 5.57 Å². The maximum atomic E-state index is 11.9. The number of hydrogen-bond donors (Lipinski definition) is 2. The predicted molar refractivity (Wildman–Crippen MR) is 87.2 cm³/mol. The largest absolute Gasteiger partial charge is 0.444 e. The number of carbonyl (C=O) groups is 1. The van der Waals surface area contributed by atoms with Crippen LogP contribution < -0.4 is 5.32 Å². The SMILES string of the molecule is C=C(C[C@H](O)[C@H](CC(C)C)NC(=O)OC(C)(C)C)C(C)C. The molecule has 21 heavy (non-hydrogen) atoms. The normalized spacial score (nSPS) is 15.0. The summed E-state index contributed by atoms with van der Waals surface area (Å²) in [6.45, 7) is 17.7. The van der Waals surface area contributed by atoms with Crippen LogP contribution in [0.4, 0.5) is 4.79 Å². The molecule has 0 spiro atoms. The molecule has 0 unspecified atom stereocenters. The molecule has 0 aliphatic heterocycles. The van der Waals surface area contributed by atoms with Gasteiger partial charge in [0.25, 0.3) is 0 Å². The molecule has 0 aromatic heterocycles. The van der Waals surface area contributed by atoms with Gasteiger partial charge >= 0.3 is 6.09 Å². The zero-order chi connectivity index (χ0) is 16.8. The first-order valence-corrected chi connectivity index (χ1v) is 7.77. The number of amides is 1. The zero-order valence-electron chi connectivity index (χ0n) is 14.7. The highest BCUT2D eigenvalue weighted by molar-refractivity contribution is 5.68. The molecule has 0 aliphatic rings. The summed E-state index contributed by atoms with van der Waals surface area (Å²) in [6.07, 6.45) is 0.0635. The van der Waals surface area contributed by atoms with Gasteiger partial charge in [-0.2, -0.15) is 0 Å². The highest BCUT2D eigenvalue weighted by Crippen LogP contribution is 2.19. The van der Waals surface area contributed by atoms with E-state index in [0.29, 0.717) is 24.7 Å². The van der Waals surface area contributed by atoms with Gasteiger partial charge in [-0.3, -0.25) is 0 Å². The lowest BCUT2D eigenvalue weighted by molar-refractivity contribution is 0.0402. The molecular formula is C17H33NO3. The van der Waals surface area contributed by atoms with Crippen LogP contribution in [0.5, 0.6) is 0 Å². The minimum Gasteiger partial charge on any atom is -0.444 e. The second-order valence-corrected chi connectivity index (χ2v) is 7.47. The molecule has 0 aliphatic carbocycles. The van der Waals surface area contributed by atoms with E-state index in [2.05, 4.69) is 25.7 Å². The fourth-order valence-corrected chi connectivity index (χ4v) is 1.93. The van der Waals surface area contributed by atoms with Crippen molar-refractivity contribution in [3.8, 4) is 0 Å². The van der Waals surface area contributed by atoms with Crippen molar-refractivity contribution >= 4 is 6.09 Å². The van der Waals surface area contributed by atoms with Gasteiger partial charge in [0.2, 0.25) is 0 Å². The van der Waals surface area contributed by atoms with Crippen molar-refractivity contribution in [2.24, 2.45) is 11.8 Å². The van der Waals surface area contributed by atoms with Crippen LogP contribution in [-0.4, -0.2) is 28.9 Å². The van der Waals surface area contributed by atoms with Crippen molar-refractivity contribution in [2.75, 3.05) is 0 Å². The number of alkyl carbamates (subject to hydrolysis) is 1. The van der Waals surface area contributed by atoms with Crippen molar-refractivity contribution in [2.45, 2.75) is 79.1 Å². The van der Waals surface area contributed by atoms with E-state index in [-0.39, 0.29) is 6.04 Å². The molecule has 0 saturated heterocycles. The molecular weight excluding hydrogens is 266 g/mol. The number of aliphatic hydroxyl groups excluding tert-OH is 1. The molecule has 0 heterocycles. The maximum absolute atomic E-state index is 11.9. The first kappa shape index (κ1) is 20.0. The van der Waals surface area contributed by atoms with Gasteiger partial charge in [-0.25, -0.2) is 4.79 Å². The zero-order valence-corrected chi connectivity index (χ0v) is 14.7. The van der Waals surface area contributed by atoms with Crippen LogP contribution in [0, 0.1) is 11.8 Å². The molecule has 1 amide bonds. The van der Waals surface area contributed by atoms with Gasteiger partial charge in [0.05, 0.1) is 12.1 Å². The highest BCUT2D eigenvalue weighted by atomic mass is 16.6. The van der Waals surface area contributed by atoms with Crippen LogP contribution in [0.15, 0.2) is 12.2 Å². The molecule has 0 aromatic rings. The topological polar surface area (TPSA) is 58.6 Å². The molecule has 0 radical (unpaired) electrons. The van der Waals surface area contributed by atoms with Gasteiger partial charge in [-0.1, -0.05) is 39.8 Å². The first-order chi connectivity index (χ1) is 9.42. The summed E-state index contributed by atoms with van der Waals surface area (Å²) < 4.78 is 5.27. The van der Waals surface area contributed by atoms with E-state index in [1.807, 2.05) is 34.6 Å². The lowest BCUT2D eigenvalue weighted by Gasteiger charge is -2.28. The van der Waals surface area contributed by atoms with Gasteiger partial charge in [0.15, 0.2) is 0 Å². The smallest absolute Gasteiger partial charge is 0.407 e. The van der Waals surface area contributed by atoms with Crippen LogP contribution >= 0.6 is 0 Å². The Bertz CT molecular complexity index is 342. The molecule has 2 atom stereocenters. The fourth-order valence-electron chi connectivity index (χ4n) is 1.93. The summed E-state index contributed by atoms with van der Waals surface area (Å²) in [5.74, 6) is 0.688. The molecule has 124 valence electrons. The number of nitrogens with one attached hydrogen (secondary N) is 1. The standard InChI is InChI=1S/C17H33NO3/c1-11(2)9-14(15(19)10-13(5)12(3)4)18-16(20)21-17(6,7)8/h11-12,14-15,19H,5,9-10H2,1-4,6-8H3,(H,18,20)/t14-,15-/m0/s1. The van der Waals surface area contributed by atoms with E-state index >= 15 is 0 Å². The molecule has 0 bridgehead atoms. The van der Waals surface area contributed by atoms with Gasteiger partial charge in [0, 0.05) is 0 Å². The number of rotatable bonds is 7. The van der Waals surface area contributed by atoms with Crippen LogP contribution in [0.3, 0.4) is 0 Å². The quantitative estimate of drug-likeness (QED) is 0.701.